The number of carbonyl (C=O) groups excluding carboxylic acids is 1. The Morgan fingerprint density at radius 2 is 1.94 bits per heavy atom. The fraction of sp³-hybridized carbons (Fsp3) is 0.786. The average Bonchev–Trinajstić information content (AvgIpc) is 2.64. The van der Waals surface area contributed by atoms with Crippen LogP contribution in [0.5, 0.6) is 0 Å². The van der Waals surface area contributed by atoms with E-state index < -0.39 is 0 Å². The Morgan fingerprint density at radius 3 is 2.38 bits per heavy atom. The van der Waals surface area contributed by atoms with Gasteiger partial charge in [0.05, 0.1) is 0 Å². The second kappa shape index (κ2) is 5.51. The standard InChI is InChI=1S/C14H24O2/c1-11(2)7-10-14(8-5-6-9-14)16-13(15)12(3)4/h11H,3,5-10H2,1-2,4H3. The minimum Gasteiger partial charge on any atom is -0.456 e. The molecule has 0 heterocycles. The van der Waals surface area contributed by atoms with Crippen LogP contribution in [0, 0.1) is 5.92 Å². The summed E-state index contributed by atoms with van der Waals surface area (Å²) < 4.78 is 5.67. The van der Waals surface area contributed by atoms with Gasteiger partial charge in [0, 0.05) is 5.57 Å². The van der Waals surface area contributed by atoms with Crippen LogP contribution in [0.15, 0.2) is 12.2 Å². The molecule has 1 aliphatic carbocycles. The van der Waals surface area contributed by atoms with Crippen LogP contribution in [-0.2, 0) is 9.53 Å². The number of hydrogen-bond acceptors (Lipinski definition) is 2. The molecule has 0 aromatic heterocycles. The van der Waals surface area contributed by atoms with Gasteiger partial charge in [0.2, 0.25) is 0 Å². The summed E-state index contributed by atoms with van der Waals surface area (Å²) in [4.78, 5) is 11.6. The molecule has 1 rings (SSSR count). The van der Waals surface area contributed by atoms with Crippen LogP contribution in [-0.4, -0.2) is 11.6 Å². The normalized spacial score (nSPS) is 18.8. The smallest absolute Gasteiger partial charge is 0.333 e. The Kier molecular flexibility index (Phi) is 4.57. The molecule has 16 heavy (non-hydrogen) atoms. The first-order chi connectivity index (χ1) is 7.45. The lowest BCUT2D eigenvalue weighted by Gasteiger charge is -2.30. The molecule has 0 N–H and O–H groups in total. The van der Waals surface area contributed by atoms with Gasteiger partial charge in [-0.2, -0.15) is 0 Å². The van der Waals surface area contributed by atoms with E-state index in [1.807, 2.05) is 0 Å². The van der Waals surface area contributed by atoms with E-state index >= 15 is 0 Å². The Labute approximate surface area is 99.1 Å². The predicted molar refractivity (Wildman–Crippen MR) is 66.2 cm³/mol. The van der Waals surface area contributed by atoms with Crippen molar-refractivity contribution in [1.82, 2.24) is 0 Å². The predicted octanol–water partition coefficient (Wildman–Crippen LogP) is 3.85. The lowest BCUT2D eigenvalue weighted by molar-refractivity contribution is -0.155. The highest BCUT2D eigenvalue weighted by molar-refractivity contribution is 5.87. The largest absolute Gasteiger partial charge is 0.456 e. The Hall–Kier alpha value is -0.790. The fourth-order valence-corrected chi connectivity index (χ4v) is 2.26. The maximum Gasteiger partial charge on any atom is 0.333 e. The second-order valence-electron chi connectivity index (χ2n) is 5.49. The monoisotopic (exact) mass is 224 g/mol. The van der Waals surface area contributed by atoms with Gasteiger partial charge in [-0.05, 0) is 51.4 Å². The zero-order chi connectivity index (χ0) is 12.2. The Bertz CT molecular complexity index is 260. The molecule has 0 aromatic carbocycles. The number of rotatable bonds is 5. The van der Waals surface area contributed by atoms with Crippen molar-refractivity contribution in [2.45, 2.75) is 64.9 Å². The molecule has 2 nitrogen and oxygen atoms in total. The summed E-state index contributed by atoms with van der Waals surface area (Å²) in [6.07, 6.45) is 6.55. The number of esters is 1. The number of ether oxygens (including phenoxy) is 1. The summed E-state index contributed by atoms with van der Waals surface area (Å²) in [6.45, 7) is 9.79. The lowest BCUT2D eigenvalue weighted by atomic mass is 9.91. The van der Waals surface area contributed by atoms with Gasteiger partial charge in [-0.1, -0.05) is 20.4 Å². The third kappa shape index (κ3) is 3.66. The van der Waals surface area contributed by atoms with Crippen molar-refractivity contribution in [2.24, 2.45) is 5.92 Å². The summed E-state index contributed by atoms with van der Waals surface area (Å²) >= 11 is 0. The Morgan fingerprint density at radius 1 is 1.38 bits per heavy atom. The van der Waals surface area contributed by atoms with Gasteiger partial charge in [-0.15, -0.1) is 0 Å². The van der Waals surface area contributed by atoms with E-state index in [2.05, 4.69) is 20.4 Å². The SMILES string of the molecule is C=C(C)C(=O)OC1(CCC(C)C)CCCC1. The van der Waals surface area contributed by atoms with E-state index in [4.69, 9.17) is 4.74 Å². The van der Waals surface area contributed by atoms with Gasteiger partial charge in [-0.25, -0.2) is 4.79 Å². The molecule has 0 amide bonds. The average molecular weight is 224 g/mol. The third-order valence-corrected chi connectivity index (χ3v) is 3.35. The van der Waals surface area contributed by atoms with Gasteiger partial charge < -0.3 is 4.74 Å². The van der Waals surface area contributed by atoms with Crippen molar-refractivity contribution in [3.05, 3.63) is 12.2 Å². The lowest BCUT2D eigenvalue weighted by Crippen LogP contribution is -2.32. The van der Waals surface area contributed by atoms with Crippen LogP contribution < -0.4 is 0 Å². The van der Waals surface area contributed by atoms with Crippen LogP contribution in [0.4, 0.5) is 0 Å². The van der Waals surface area contributed by atoms with Gasteiger partial charge >= 0.3 is 5.97 Å². The molecule has 0 aromatic rings. The zero-order valence-electron chi connectivity index (χ0n) is 10.8. The van der Waals surface area contributed by atoms with E-state index in [0.29, 0.717) is 11.5 Å². The van der Waals surface area contributed by atoms with Crippen LogP contribution in [0.3, 0.4) is 0 Å². The fourth-order valence-electron chi connectivity index (χ4n) is 2.26. The van der Waals surface area contributed by atoms with Crippen molar-refractivity contribution in [2.75, 3.05) is 0 Å². The molecule has 0 spiro atoms. The van der Waals surface area contributed by atoms with Crippen molar-refractivity contribution in [3.8, 4) is 0 Å². The first-order valence-electron chi connectivity index (χ1n) is 6.34. The molecule has 0 aliphatic heterocycles. The van der Waals surface area contributed by atoms with Gasteiger partial charge in [-0.3, -0.25) is 0 Å². The van der Waals surface area contributed by atoms with Crippen LogP contribution >= 0.6 is 0 Å². The van der Waals surface area contributed by atoms with Crippen molar-refractivity contribution in [1.29, 1.82) is 0 Å². The van der Waals surface area contributed by atoms with Crippen molar-refractivity contribution in [3.63, 3.8) is 0 Å². The highest BCUT2D eigenvalue weighted by atomic mass is 16.6. The third-order valence-electron chi connectivity index (χ3n) is 3.35. The minimum absolute atomic E-state index is 0.180. The summed E-state index contributed by atoms with van der Waals surface area (Å²) in [6, 6.07) is 0. The summed E-state index contributed by atoms with van der Waals surface area (Å²) in [7, 11) is 0. The Balaban J connectivity index is 2.58. The first-order valence-corrected chi connectivity index (χ1v) is 6.34. The molecule has 0 atom stereocenters. The van der Waals surface area contributed by atoms with E-state index in [9.17, 15) is 4.79 Å². The highest BCUT2D eigenvalue weighted by Crippen LogP contribution is 2.38. The molecule has 0 saturated heterocycles. The van der Waals surface area contributed by atoms with Gasteiger partial charge in [0.25, 0.3) is 0 Å². The maximum absolute atomic E-state index is 11.6. The molecule has 0 radical (unpaired) electrons. The summed E-state index contributed by atoms with van der Waals surface area (Å²) in [5, 5.41) is 0. The van der Waals surface area contributed by atoms with Crippen LogP contribution in [0.25, 0.3) is 0 Å². The van der Waals surface area contributed by atoms with Crippen LogP contribution in [0.1, 0.15) is 59.3 Å². The maximum atomic E-state index is 11.6. The quantitative estimate of drug-likeness (QED) is 0.523. The van der Waals surface area contributed by atoms with E-state index in [-0.39, 0.29) is 11.6 Å². The van der Waals surface area contributed by atoms with E-state index in [1.54, 1.807) is 6.92 Å². The summed E-state index contributed by atoms with van der Waals surface area (Å²) in [5.74, 6) is 0.451. The molecular formula is C14H24O2. The molecule has 1 saturated carbocycles. The topological polar surface area (TPSA) is 26.3 Å². The second-order valence-corrected chi connectivity index (χ2v) is 5.49. The molecule has 2 heteroatoms. The van der Waals surface area contributed by atoms with Crippen molar-refractivity contribution < 1.29 is 9.53 Å². The minimum atomic E-state index is -0.217. The highest BCUT2D eigenvalue weighted by Gasteiger charge is 2.37. The van der Waals surface area contributed by atoms with Gasteiger partial charge in [0.15, 0.2) is 0 Å². The zero-order valence-corrected chi connectivity index (χ0v) is 10.8. The summed E-state index contributed by atoms with van der Waals surface area (Å²) in [5.41, 5.74) is 0.330. The molecule has 0 unspecified atom stereocenters. The first kappa shape index (κ1) is 13.3. The van der Waals surface area contributed by atoms with Gasteiger partial charge in [0.1, 0.15) is 5.60 Å². The van der Waals surface area contributed by atoms with Crippen LogP contribution in [0.2, 0.25) is 0 Å². The molecule has 0 bridgehead atoms. The molecule has 1 fully saturated rings. The van der Waals surface area contributed by atoms with E-state index in [1.165, 1.54) is 12.8 Å². The molecule has 92 valence electrons. The number of carbonyl (C=O) groups is 1. The molecular weight excluding hydrogens is 200 g/mol. The van der Waals surface area contributed by atoms with E-state index in [0.717, 1.165) is 25.7 Å². The number of hydrogen-bond donors (Lipinski definition) is 0. The molecule has 1 aliphatic rings. The van der Waals surface area contributed by atoms with Crippen molar-refractivity contribution >= 4 is 5.97 Å².